The van der Waals surface area contributed by atoms with Crippen molar-refractivity contribution in [2.75, 3.05) is 39.4 Å². The van der Waals surface area contributed by atoms with Crippen LogP contribution in [0, 0.1) is 11.8 Å². The topological polar surface area (TPSA) is 105 Å². The molecule has 0 spiro atoms. The van der Waals surface area contributed by atoms with Crippen molar-refractivity contribution < 1.29 is 22.7 Å². The van der Waals surface area contributed by atoms with Gasteiger partial charge in [0.2, 0.25) is 15.9 Å². The van der Waals surface area contributed by atoms with Gasteiger partial charge >= 0.3 is 0 Å². The number of carbonyl (C=O) groups is 2. The highest BCUT2D eigenvalue weighted by Gasteiger charge is 2.29. The molecule has 0 aliphatic carbocycles. The Bertz CT molecular complexity index is 887. The van der Waals surface area contributed by atoms with E-state index in [9.17, 15) is 18.0 Å². The number of carbonyl (C=O) groups excluding carboxylic acids is 2. The molecule has 0 bridgehead atoms. The van der Waals surface area contributed by atoms with E-state index in [0.29, 0.717) is 50.5 Å². The third kappa shape index (κ3) is 6.63. The first kappa shape index (κ1) is 24.4. The number of nitrogens with one attached hydrogen (secondary N) is 2. The van der Waals surface area contributed by atoms with E-state index < -0.39 is 10.0 Å². The molecule has 0 radical (unpaired) electrons. The van der Waals surface area contributed by atoms with E-state index in [4.69, 9.17) is 4.74 Å². The van der Waals surface area contributed by atoms with Crippen LogP contribution in [0.5, 0.6) is 0 Å². The van der Waals surface area contributed by atoms with Gasteiger partial charge in [-0.3, -0.25) is 9.59 Å². The first-order valence-electron chi connectivity index (χ1n) is 11.3. The Morgan fingerprint density at radius 1 is 1.03 bits per heavy atom. The fourth-order valence-corrected chi connectivity index (χ4v) is 5.59. The molecule has 9 heteroatoms. The summed E-state index contributed by atoms with van der Waals surface area (Å²) in [6.45, 7) is 6.95. The quantitative estimate of drug-likeness (QED) is 0.545. The van der Waals surface area contributed by atoms with E-state index in [0.717, 1.165) is 32.5 Å². The molecular formula is C23H33N3O5S. The number of amides is 2. The van der Waals surface area contributed by atoms with Gasteiger partial charge in [0.1, 0.15) is 0 Å². The van der Waals surface area contributed by atoms with Crippen LogP contribution in [-0.4, -0.2) is 63.9 Å². The Morgan fingerprint density at radius 3 is 2.31 bits per heavy atom. The zero-order chi connectivity index (χ0) is 23.0. The summed E-state index contributed by atoms with van der Waals surface area (Å²) in [5.41, 5.74) is 0.451. The van der Waals surface area contributed by atoms with Crippen molar-refractivity contribution in [1.82, 2.24) is 14.9 Å². The highest BCUT2D eigenvalue weighted by atomic mass is 32.2. The van der Waals surface area contributed by atoms with Crippen LogP contribution in [0.25, 0.3) is 0 Å². The standard InChI is InChI=1S/C23H33N3O5S/c1-2-22(27)25-17-19-8-13-26(14-9-19)32(29,30)21-5-3-20(4-6-21)23(28)24-12-7-18-10-15-31-16-11-18/h2-6,18-19H,1,7-17H2,(H,24,28)(H,25,27). The third-order valence-electron chi connectivity index (χ3n) is 6.26. The number of hydrogen-bond donors (Lipinski definition) is 2. The van der Waals surface area contributed by atoms with Crippen LogP contribution < -0.4 is 10.6 Å². The van der Waals surface area contributed by atoms with Gasteiger partial charge in [0.25, 0.3) is 5.91 Å². The zero-order valence-corrected chi connectivity index (χ0v) is 19.2. The number of sulfonamides is 1. The molecule has 0 saturated carbocycles. The Kier molecular flexibility index (Phi) is 8.84. The molecule has 0 unspecified atom stereocenters. The normalized spacial score (nSPS) is 18.8. The summed E-state index contributed by atoms with van der Waals surface area (Å²) in [5, 5.41) is 5.69. The van der Waals surface area contributed by atoms with Crippen LogP contribution in [-0.2, 0) is 19.6 Å². The predicted octanol–water partition coefficient (Wildman–Crippen LogP) is 1.94. The largest absolute Gasteiger partial charge is 0.381 e. The summed E-state index contributed by atoms with van der Waals surface area (Å²) in [6.07, 6.45) is 5.59. The molecule has 2 saturated heterocycles. The summed E-state index contributed by atoms with van der Waals surface area (Å²) in [7, 11) is -3.61. The molecule has 2 N–H and O–H groups in total. The molecule has 1 aromatic rings. The van der Waals surface area contributed by atoms with Crippen LogP contribution in [0.3, 0.4) is 0 Å². The second kappa shape index (κ2) is 11.6. The van der Waals surface area contributed by atoms with Crippen molar-refractivity contribution in [2.45, 2.75) is 37.0 Å². The number of ether oxygens (including phenoxy) is 1. The zero-order valence-electron chi connectivity index (χ0n) is 18.4. The summed E-state index contributed by atoms with van der Waals surface area (Å²) < 4.78 is 32.8. The lowest BCUT2D eigenvalue weighted by Crippen LogP contribution is -2.41. The monoisotopic (exact) mass is 463 g/mol. The first-order chi connectivity index (χ1) is 15.4. The molecule has 1 aromatic carbocycles. The summed E-state index contributed by atoms with van der Waals surface area (Å²) in [4.78, 5) is 23.9. The highest BCUT2D eigenvalue weighted by Crippen LogP contribution is 2.24. The fourth-order valence-electron chi connectivity index (χ4n) is 4.13. The van der Waals surface area contributed by atoms with Crippen molar-refractivity contribution in [3.63, 3.8) is 0 Å². The first-order valence-corrected chi connectivity index (χ1v) is 12.7. The lowest BCUT2D eigenvalue weighted by atomic mass is 9.97. The molecule has 176 valence electrons. The van der Waals surface area contributed by atoms with Crippen LogP contribution in [0.15, 0.2) is 41.8 Å². The van der Waals surface area contributed by atoms with Gasteiger partial charge in [-0.1, -0.05) is 6.58 Å². The minimum atomic E-state index is -3.61. The highest BCUT2D eigenvalue weighted by molar-refractivity contribution is 7.89. The molecule has 3 rings (SSSR count). The van der Waals surface area contributed by atoms with Crippen molar-refractivity contribution in [3.05, 3.63) is 42.5 Å². The molecule has 2 aliphatic rings. The summed E-state index contributed by atoms with van der Waals surface area (Å²) in [5.74, 6) is 0.424. The average Bonchev–Trinajstić information content (AvgIpc) is 2.83. The fraction of sp³-hybridized carbons (Fsp3) is 0.565. The van der Waals surface area contributed by atoms with Gasteiger partial charge in [0.15, 0.2) is 0 Å². The van der Waals surface area contributed by atoms with E-state index >= 15 is 0 Å². The Labute approximate surface area is 190 Å². The SMILES string of the molecule is C=CC(=O)NCC1CCN(S(=O)(=O)c2ccc(C(=O)NCCC3CCOCC3)cc2)CC1. The molecule has 2 aliphatic heterocycles. The lowest BCUT2D eigenvalue weighted by Gasteiger charge is -2.31. The molecule has 8 nitrogen and oxygen atoms in total. The Balaban J connectivity index is 1.48. The van der Waals surface area contributed by atoms with E-state index in [1.54, 1.807) is 12.1 Å². The second-order valence-electron chi connectivity index (χ2n) is 8.42. The number of piperidine rings is 1. The minimum absolute atomic E-state index is 0.190. The van der Waals surface area contributed by atoms with E-state index in [-0.39, 0.29) is 22.6 Å². The van der Waals surface area contributed by atoms with E-state index in [2.05, 4.69) is 17.2 Å². The molecule has 2 heterocycles. The molecule has 32 heavy (non-hydrogen) atoms. The van der Waals surface area contributed by atoms with Crippen LogP contribution in [0.4, 0.5) is 0 Å². The number of rotatable bonds is 9. The number of hydrogen-bond acceptors (Lipinski definition) is 5. The Hall–Kier alpha value is -2.23. The van der Waals surface area contributed by atoms with Crippen molar-refractivity contribution >= 4 is 21.8 Å². The smallest absolute Gasteiger partial charge is 0.251 e. The van der Waals surface area contributed by atoms with Gasteiger partial charge in [0, 0.05) is 45.0 Å². The number of nitrogens with zero attached hydrogens (tertiary/aromatic N) is 1. The lowest BCUT2D eigenvalue weighted by molar-refractivity contribution is -0.116. The minimum Gasteiger partial charge on any atom is -0.381 e. The van der Waals surface area contributed by atoms with Crippen molar-refractivity contribution in [2.24, 2.45) is 11.8 Å². The van der Waals surface area contributed by atoms with Gasteiger partial charge in [0.05, 0.1) is 4.90 Å². The van der Waals surface area contributed by atoms with Crippen LogP contribution in [0.2, 0.25) is 0 Å². The van der Waals surface area contributed by atoms with Crippen LogP contribution in [0.1, 0.15) is 42.5 Å². The van der Waals surface area contributed by atoms with Gasteiger partial charge in [-0.15, -0.1) is 0 Å². The van der Waals surface area contributed by atoms with Crippen LogP contribution >= 0.6 is 0 Å². The van der Waals surface area contributed by atoms with Gasteiger partial charge in [-0.25, -0.2) is 8.42 Å². The molecule has 2 amide bonds. The van der Waals surface area contributed by atoms with Crippen molar-refractivity contribution in [1.29, 1.82) is 0 Å². The predicted molar refractivity (Wildman–Crippen MR) is 122 cm³/mol. The maximum absolute atomic E-state index is 13.0. The summed E-state index contributed by atoms with van der Waals surface area (Å²) in [6, 6.07) is 6.13. The number of benzene rings is 1. The third-order valence-corrected chi connectivity index (χ3v) is 8.17. The van der Waals surface area contributed by atoms with Gasteiger partial charge < -0.3 is 15.4 Å². The van der Waals surface area contributed by atoms with E-state index in [1.165, 1.54) is 22.5 Å². The molecule has 0 atom stereocenters. The second-order valence-corrected chi connectivity index (χ2v) is 10.4. The molecule has 0 aromatic heterocycles. The van der Waals surface area contributed by atoms with Gasteiger partial charge in [-0.05, 0) is 74.3 Å². The maximum atomic E-state index is 13.0. The molecular weight excluding hydrogens is 430 g/mol. The van der Waals surface area contributed by atoms with E-state index in [1.807, 2.05) is 0 Å². The maximum Gasteiger partial charge on any atom is 0.251 e. The summed E-state index contributed by atoms with van der Waals surface area (Å²) >= 11 is 0. The Morgan fingerprint density at radius 2 is 1.69 bits per heavy atom. The van der Waals surface area contributed by atoms with Gasteiger partial charge in [-0.2, -0.15) is 4.31 Å². The molecule has 2 fully saturated rings. The van der Waals surface area contributed by atoms with Crippen molar-refractivity contribution in [3.8, 4) is 0 Å². The average molecular weight is 464 g/mol.